The Hall–Kier alpha value is -0.960. The smallest absolute Gasteiger partial charge is 0.127 e. The summed E-state index contributed by atoms with van der Waals surface area (Å²) in [5.41, 5.74) is 0.953. The van der Waals surface area contributed by atoms with Crippen LogP contribution in [0.2, 0.25) is 0 Å². The molecule has 0 N–H and O–H groups in total. The zero-order chi connectivity index (χ0) is 10.6. The van der Waals surface area contributed by atoms with E-state index in [4.69, 9.17) is 4.74 Å². The Bertz CT molecular complexity index is 323. The van der Waals surface area contributed by atoms with Crippen LogP contribution < -0.4 is 4.74 Å². The molecule has 1 unspecified atom stereocenters. The Labute approximate surface area is 88.7 Å². The molecule has 0 aliphatic rings. The van der Waals surface area contributed by atoms with E-state index < -0.39 is 0 Å². The monoisotopic (exact) mass is 210 g/mol. The minimum atomic E-state index is -0.114. The van der Waals surface area contributed by atoms with Gasteiger partial charge in [0, 0.05) is 16.4 Å². The summed E-state index contributed by atoms with van der Waals surface area (Å²) < 4.78 is 5.20. The Morgan fingerprint density at radius 1 is 1.50 bits per heavy atom. The van der Waals surface area contributed by atoms with Crippen LogP contribution in [0.5, 0.6) is 5.75 Å². The highest BCUT2D eigenvalue weighted by atomic mass is 32.2. The SMILES string of the molecule is COc1ccc(SC)cc1C(C)C=O. The van der Waals surface area contributed by atoms with Gasteiger partial charge in [-0.15, -0.1) is 11.8 Å². The number of aldehydes is 1. The van der Waals surface area contributed by atoms with Crippen molar-refractivity contribution in [3.63, 3.8) is 0 Å². The topological polar surface area (TPSA) is 26.3 Å². The zero-order valence-corrected chi connectivity index (χ0v) is 9.43. The molecule has 0 saturated carbocycles. The van der Waals surface area contributed by atoms with Gasteiger partial charge in [-0.05, 0) is 24.5 Å². The van der Waals surface area contributed by atoms with E-state index in [1.807, 2.05) is 31.4 Å². The van der Waals surface area contributed by atoms with Crippen molar-refractivity contribution in [2.75, 3.05) is 13.4 Å². The van der Waals surface area contributed by atoms with Gasteiger partial charge in [0.1, 0.15) is 12.0 Å². The summed E-state index contributed by atoms with van der Waals surface area (Å²) in [6.07, 6.45) is 2.94. The number of carbonyl (C=O) groups is 1. The van der Waals surface area contributed by atoms with Crippen LogP contribution in [0.4, 0.5) is 0 Å². The van der Waals surface area contributed by atoms with Crippen LogP contribution >= 0.6 is 11.8 Å². The van der Waals surface area contributed by atoms with Gasteiger partial charge in [0.25, 0.3) is 0 Å². The number of rotatable bonds is 4. The van der Waals surface area contributed by atoms with Gasteiger partial charge in [-0.3, -0.25) is 0 Å². The van der Waals surface area contributed by atoms with E-state index in [0.29, 0.717) is 0 Å². The number of hydrogen-bond donors (Lipinski definition) is 0. The maximum atomic E-state index is 10.7. The molecule has 2 nitrogen and oxygen atoms in total. The molecular weight excluding hydrogens is 196 g/mol. The zero-order valence-electron chi connectivity index (χ0n) is 8.61. The van der Waals surface area contributed by atoms with Crippen molar-refractivity contribution in [2.24, 2.45) is 0 Å². The van der Waals surface area contributed by atoms with E-state index in [1.54, 1.807) is 18.9 Å². The summed E-state index contributed by atoms with van der Waals surface area (Å²) in [6.45, 7) is 1.87. The molecule has 0 amide bonds. The van der Waals surface area contributed by atoms with Crippen LogP contribution in [0.1, 0.15) is 18.4 Å². The predicted octanol–water partition coefficient (Wildman–Crippen LogP) is 2.72. The standard InChI is InChI=1S/C11H14O2S/c1-8(7-12)10-6-9(14-3)4-5-11(10)13-2/h4-8H,1-3H3. The molecule has 0 fully saturated rings. The first kappa shape index (κ1) is 11.1. The Morgan fingerprint density at radius 3 is 2.71 bits per heavy atom. The van der Waals surface area contributed by atoms with Crippen molar-refractivity contribution in [1.29, 1.82) is 0 Å². The minimum Gasteiger partial charge on any atom is -0.496 e. The van der Waals surface area contributed by atoms with Crippen LogP contribution in [0.25, 0.3) is 0 Å². The predicted molar refractivity (Wildman–Crippen MR) is 59.3 cm³/mol. The average Bonchev–Trinajstić information content (AvgIpc) is 2.27. The molecule has 3 heteroatoms. The second kappa shape index (κ2) is 5.05. The van der Waals surface area contributed by atoms with E-state index in [1.165, 1.54) is 0 Å². The summed E-state index contributed by atoms with van der Waals surface area (Å²) in [6, 6.07) is 5.90. The molecular formula is C11H14O2S. The lowest BCUT2D eigenvalue weighted by Gasteiger charge is -2.11. The maximum absolute atomic E-state index is 10.7. The number of thioether (sulfide) groups is 1. The van der Waals surface area contributed by atoms with Gasteiger partial charge in [0.15, 0.2) is 0 Å². The van der Waals surface area contributed by atoms with E-state index in [-0.39, 0.29) is 5.92 Å². The lowest BCUT2D eigenvalue weighted by atomic mass is 10.0. The van der Waals surface area contributed by atoms with E-state index in [2.05, 4.69) is 0 Å². The average molecular weight is 210 g/mol. The van der Waals surface area contributed by atoms with Gasteiger partial charge in [-0.1, -0.05) is 6.92 Å². The third kappa shape index (κ3) is 2.29. The Balaban J connectivity index is 3.14. The van der Waals surface area contributed by atoms with Crippen molar-refractivity contribution < 1.29 is 9.53 Å². The Kier molecular flexibility index (Phi) is 4.01. The van der Waals surface area contributed by atoms with Crippen molar-refractivity contribution in [1.82, 2.24) is 0 Å². The third-order valence-corrected chi connectivity index (χ3v) is 2.86. The molecule has 1 rings (SSSR count). The molecule has 0 aliphatic heterocycles. The number of carbonyl (C=O) groups excluding carboxylic acids is 1. The number of benzene rings is 1. The normalized spacial score (nSPS) is 12.2. The number of methoxy groups -OCH3 is 1. The van der Waals surface area contributed by atoms with E-state index in [0.717, 1.165) is 22.5 Å². The fourth-order valence-corrected chi connectivity index (χ4v) is 1.72. The second-order valence-electron chi connectivity index (χ2n) is 3.03. The van der Waals surface area contributed by atoms with Gasteiger partial charge in [-0.25, -0.2) is 0 Å². The summed E-state index contributed by atoms with van der Waals surface area (Å²) in [7, 11) is 1.62. The second-order valence-corrected chi connectivity index (χ2v) is 3.91. The summed E-state index contributed by atoms with van der Waals surface area (Å²) in [5.74, 6) is 0.666. The maximum Gasteiger partial charge on any atom is 0.127 e. The van der Waals surface area contributed by atoms with E-state index in [9.17, 15) is 4.79 Å². The minimum absolute atomic E-state index is 0.114. The lowest BCUT2D eigenvalue weighted by molar-refractivity contribution is -0.108. The summed E-state index contributed by atoms with van der Waals surface area (Å²) in [4.78, 5) is 11.9. The first-order valence-corrected chi connectivity index (χ1v) is 5.62. The highest BCUT2D eigenvalue weighted by Crippen LogP contribution is 2.29. The number of hydrogen-bond acceptors (Lipinski definition) is 3. The molecule has 0 radical (unpaired) electrons. The summed E-state index contributed by atoms with van der Waals surface area (Å²) in [5, 5.41) is 0. The highest BCUT2D eigenvalue weighted by molar-refractivity contribution is 7.98. The molecule has 0 spiro atoms. The lowest BCUT2D eigenvalue weighted by Crippen LogP contribution is -1.98. The van der Waals surface area contributed by atoms with Crippen molar-refractivity contribution in [3.05, 3.63) is 23.8 Å². The molecule has 14 heavy (non-hydrogen) atoms. The fourth-order valence-electron chi connectivity index (χ4n) is 1.27. The largest absolute Gasteiger partial charge is 0.496 e. The van der Waals surface area contributed by atoms with Gasteiger partial charge in [0.05, 0.1) is 7.11 Å². The van der Waals surface area contributed by atoms with Crippen LogP contribution in [-0.2, 0) is 4.79 Å². The van der Waals surface area contributed by atoms with Crippen LogP contribution in [-0.4, -0.2) is 19.7 Å². The molecule has 1 atom stereocenters. The molecule has 76 valence electrons. The van der Waals surface area contributed by atoms with Gasteiger partial charge >= 0.3 is 0 Å². The van der Waals surface area contributed by atoms with Crippen LogP contribution in [0.3, 0.4) is 0 Å². The highest BCUT2D eigenvalue weighted by Gasteiger charge is 2.10. The molecule has 1 aromatic rings. The van der Waals surface area contributed by atoms with Gasteiger partial charge in [-0.2, -0.15) is 0 Å². The van der Waals surface area contributed by atoms with Crippen LogP contribution in [0, 0.1) is 0 Å². The third-order valence-electron chi connectivity index (χ3n) is 2.13. The van der Waals surface area contributed by atoms with E-state index >= 15 is 0 Å². The first-order valence-electron chi connectivity index (χ1n) is 4.40. The van der Waals surface area contributed by atoms with Crippen LogP contribution in [0.15, 0.2) is 23.1 Å². The molecule has 0 aromatic heterocycles. The van der Waals surface area contributed by atoms with Gasteiger partial charge < -0.3 is 9.53 Å². The first-order chi connectivity index (χ1) is 6.72. The quantitative estimate of drug-likeness (QED) is 0.564. The molecule has 0 aliphatic carbocycles. The summed E-state index contributed by atoms with van der Waals surface area (Å²) >= 11 is 1.66. The Morgan fingerprint density at radius 2 is 2.21 bits per heavy atom. The molecule has 0 saturated heterocycles. The van der Waals surface area contributed by atoms with Crippen molar-refractivity contribution in [2.45, 2.75) is 17.7 Å². The number of ether oxygens (including phenoxy) is 1. The van der Waals surface area contributed by atoms with Gasteiger partial charge in [0.2, 0.25) is 0 Å². The fraction of sp³-hybridized carbons (Fsp3) is 0.364. The van der Waals surface area contributed by atoms with Crippen molar-refractivity contribution >= 4 is 18.0 Å². The molecule has 0 bridgehead atoms. The molecule has 1 aromatic carbocycles. The molecule has 0 heterocycles. The van der Waals surface area contributed by atoms with Crippen molar-refractivity contribution in [3.8, 4) is 5.75 Å².